The second-order valence-electron chi connectivity index (χ2n) is 5.01. The average Bonchev–Trinajstić information content (AvgIpc) is 2.36. The Hall–Kier alpha value is -0.260. The quantitative estimate of drug-likeness (QED) is 0.485. The zero-order chi connectivity index (χ0) is 9.26. The van der Waals surface area contributed by atoms with Crippen LogP contribution in [-0.2, 0) is 0 Å². The fourth-order valence-corrected chi connectivity index (χ4v) is 3.22. The van der Waals surface area contributed by atoms with Gasteiger partial charge in [0.15, 0.2) is 0 Å². The summed E-state index contributed by atoms with van der Waals surface area (Å²) in [5.74, 6) is 2.02. The van der Waals surface area contributed by atoms with Crippen molar-refractivity contribution >= 4 is 0 Å². The number of allylic oxidation sites excluding steroid dienone is 2. The van der Waals surface area contributed by atoms with Crippen molar-refractivity contribution in [3.05, 3.63) is 11.1 Å². The first kappa shape index (κ1) is 9.30. The highest BCUT2D eigenvalue weighted by atomic mass is 14.3. The highest BCUT2D eigenvalue weighted by Crippen LogP contribution is 2.41. The van der Waals surface area contributed by atoms with E-state index in [1.807, 2.05) is 0 Å². The Morgan fingerprint density at radius 2 is 1.69 bits per heavy atom. The number of fused-ring (bicyclic) bond motifs is 1. The van der Waals surface area contributed by atoms with Gasteiger partial charge in [0.2, 0.25) is 0 Å². The van der Waals surface area contributed by atoms with Crippen molar-refractivity contribution in [2.24, 2.45) is 11.8 Å². The fraction of sp³-hybridized carbons (Fsp3) is 0.846. The Balaban J connectivity index is 2.16. The van der Waals surface area contributed by atoms with E-state index >= 15 is 0 Å². The SMILES string of the molecule is CC1=C(C)C2CCCCCC2CC1. The molecule has 0 heteroatoms. The van der Waals surface area contributed by atoms with Crippen LogP contribution in [0.15, 0.2) is 11.1 Å². The highest BCUT2D eigenvalue weighted by molar-refractivity contribution is 5.17. The first-order valence-corrected chi connectivity index (χ1v) is 5.95. The molecule has 0 radical (unpaired) electrons. The Morgan fingerprint density at radius 3 is 2.54 bits per heavy atom. The maximum atomic E-state index is 2.39. The molecule has 1 saturated carbocycles. The standard InChI is InChI=1S/C13H22/c1-10-8-9-12-6-4-3-5-7-13(12)11(10)2/h12-13H,3-9H2,1-2H3. The van der Waals surface area contributed by atoms with Crippen LogP contribution in [0.2, 0.25) is 0 Å². The van der Waals surface area contributed by atoms with E-state index in [1.165, 1.54) is 44.9 Å². The molecular formula is C13H22. The third-order valence-electron chi connectivity index (χ3n) is 4.28. The molecule has 0 aromatic carbocycles. The molecular weight excluding hydrogens is 156 g/mol. The van der Waals surface area contributed by atoms with Crippen molar-refractivity contribution in [3.63, 3.8) is 0 Å². The molecule has 0 spiro atoms. The first-order valence-electron chi connectivity index (χ1n) is 5.95. The lowest BCUT2D eigenvalue weighted by Crippen LogP contribution is -2.20. The summed E-state index contributed by atoms with van der Waals surface area (Å²) in [6.45, 7) is 4.73. The molecule has 0 aromatic heterocycles. The van der Waals surface area contributed by atoms with Crippen LogP contribution in [0.4, 0.5) is 0 Å². The average molecular weight is 178 g/mol. The van der Waals surface area contributed by atoms with Gasteiger partial charge in [-0.25, -0.2) is 0 Å². The van der Waals surface area contributed by atoms with Crippen molar-refractivity contribution in [2.75, 3.05) is 0 Å². The molecule has 0 N–H and O–H groups in total. The second-order valence-corrected chi connectivity index (χ2v) is 5.01. The summed E-state index contributed by atoms with van der Waals surface area (Å²) in [4.78, 5) is 0. The van der Waals surface area contributed by atoms with Gasteiger partial charge in [-0.15, -0.1) is 0 Å². The molecule has 0 heterocycles. The first-order chi connectivity index (χ1) is 6.29. The van der Waals surface area contributed by atoms with Gasteiger partial charge < -0.3 is 0 Å². The molecule has 0 aromatic rings. The van der Waals surface area contributed by atoms with Gasteiger partial charge in [0.1, 0.15) is 0 Å². The summed E-state index contributed by atoms with van der Waals surface area (Å²) >= 11 is 0. The normalized spacial score (nSPS) is 35.5. The van der Waals surface area contributed by atoms with Gasteiger partial charge in [-0.3, -0.25) is 0 Å². The van der Waals surface area contributed by atoms with Crippen LogP contribution in [0.25, 0.3) is 0 Å². The minimum atomic E-state index is 0.969. The molecule has 0 bridgehead atoms. The van der Waals surface area contributed by atoms with Crippen LogP contribution in [0.3, 0.4) is 0 Å². The molecule has 13 heavy (non-hydrogen) atoms. The van der Waals surface area contributed by atoms with E-state index in [2.05, 4.69) is 13.8 Å². The fourth-order valence-electron chi connectivity index (χ4n) is 3.22. The number of rotatable bonds is 0. The molecule has 2 rings (SSSR count). The van der Waals surface area contributed by atoms with E-state index in [1.54, 1.807) is 11.1 Å². The maximum absolute atomic E-state index is 2.39. The zero-order valence-corrected chi connectivity index (χ0v) is 9.10. The minimum Gasteiger partial charge on any atom is -0.0741 e. The number of hydrogen-bond donors (Lipinski definition) is 0. The Bertz CT molecular complexity index is 212. The second kappa shape index (κ2) is 3.86. The number of hydrogen-bond acceptors (Lipinski definition) is 0. The molecule has 1 fully saturated rings. The Kier molecular flexibility index (Phi) is 2.76. The van der Waals surface area contributed by atoms with Gasteiger partial charge in [-0.2, -0.15) is 0 Å². The third kappa shape index (κ3) is 1.82. The van der Waals surface area contributed by atoms with Crippen molar-refractivity contribution in [2.45, 2.75) is 58.8 Å². The van der Waals surface area contributed by atoms with E-state index in [9.17, 15) is 0 Å². The van der Waals surface area contributed by atoms with Crippen molar-refractivity contribution in [1.82, 2.24) is 0 Å². The van der Waals surface area contributed by atoms with Gasteiger partial charge in [0.25, 0.3) is 0 Å². The third-order valence-corrected chi connectivity index (χ3v) is 4.28. The summed E-state index contributed by atoms with van der Waals surface area (Å²) in [7, 11) is 0. The summed E-state index contributed by atoms with van der Waals surface area (Å²) in [5, 5.41) is 0. The summed E-state index contributed by atoms with van der Waals surface area (Å²) in [6.07, 6.45) is 10.3. The molecule has 0 nitrogen and oxygen atoms in total. The summed E-state index contributed by atoms with van der Waals surface area (Å²) < 4.78 is 0. The molecule has 2 aliphatic rings. The minimum absolute atomic E-state index is 0.969. The van der Waals surface area contributed by atoms with Crippen LogP contribution in [0, 0.1) is 11.8 Å². The van der Waals surface area contributed by atoms with Gasteiger partial charge in [0, 0.05) is 0 Å². The Labute approximate surface area is 82.4 Å². The van der Waals surface area contributed by atoms with Gasteiger partial charge in [-0.05, 0) is 51.4 Å². The van der Waals surface area contributed by atoms with E-state index in [-0.39, 0.29) is 0 Å². The predicted molar refractivity (Wildman–Crippen MR) is 57.7 cm³/mol. The van der Waals surface area contributed by atoms with Crippen LogP contribution >= 0.6 is 0 Å². The van der Waals surface area contributed by atoms with Gasteiger partial charge in [0.05, 0.1) is 0 Å². The molecule has 0 amide bonds. The maximum Gasteiger partial charge on any atom is -0.0175 e. The van der Waals surface area contributed by atoms with Crippen LogP contribution in [0.5, 0.6) is 0 Å². The molecule has 2 atom stereocenters. The van der Waals surface area contributed by atoms with E-state index in [0.717, 1.165) is 11.8 Å². The lowest BCUT2D eigenvalue weighted by atomic mass is 9.73. The lowest BCUT2D eigenvalue weighted by molar-refractivity contribution is 0.313. The highest BCUT2D eigenvalue weighted by Gasteiger charge is 2.28. The van der Waals surface area contributed by atoms with Gasteiger partial charge >= 0.3 is 0 Å². The smallest absolute Gasteiger partial charge is 0.0175 e. The van der Waals surface area contributed by atoms with Crippen LogP contribution in [0.1, 0.15) is 58.8 Å². The summed E-state index contributed by atoms with van der Waals surface area (Å²) in [5.41, 5.74) is 3.45. The molecule has 74 valence electrons. The largest absolute Gasteiger partial charge is 0.0741 e. The monoisotopic (exact) mass is 178 g/mol. The van der Waals surface area contributed by atoms with Crippen LogP contribution < -0.4 is 0 Å². The molecule has 2 aliphatic carbocycles. The molecule has 0 aliphatic heterocycles. The zero-order valence-electron chi connectivity index (χ0n) is 9.10. The topological polar surface area (TPSA) is 0 Å². The summed E-state index contributed by atoms with van der Waals surface area (Å²) in [6, 6.07) is 0. The van der Waals surface area contributed by atoms with Crippen molar-refractivity contribution in [1.29, 1.82) is 0 Å². The Morgan fingerprint density at radius 1 is 0.923 bits per heavy atom. The van der Waals surface area contributed by atoms with E-state index < -0.39 is 0 Å². The molecule has 0 saturated heterocycles. The van der Waals surface area contributed by atoms with E-state index in [0.29, 0.717) is 0 Å². The molecule has 2 unspecified atom stereocenters. The van der Waals surface area contributed by atoms with Crippen LogP contribution in [-0.4, -0.2) is 0 Å². The van der Waals surface area contributed by atoms with E-state index in [4.69, 9.17) is 0 Å². The van der Waals surface area contributed by atoms with Gasteiger partial charge in [-0.1, -0.05) is 30.4 Å². The van der Waals surface area contributed by atoms with Crippen molar-refractivity contribution in [3.8, 4) is 0 Å². The van der Waals surface area contributed by atoms with Crippen molar-refractivity contribution < 1.29 is 0 Å². The lowest BCUT2D eigenvalue weighted by Gasteiger charge is -2.32. The predicted octanol–water partition coefficient (Wildman–Crippen LogP) is 4.31.